The molecule has 0 aliphatic carbocycles. The van der Waals surface area contributed by atoms with Gasteiger partial charge in [0.1, 0.15) is 0 Å². The molecule has 6 heteroatoms. The fourth-order valence-corrected chi connectivity index (χ4v) is 2.71. The minimum atomic E-state index is -0.535. The second-order valence-corrected chi connectivity index (χ2v) is 5.81. The molecule has 2 aromatic rings. The van der Waals surface area contributed by atoms with Crippen LogP contribution < -0.4 is 20.5 Å². The van der Waals surface area contributed by atoms with Gasteiger partial charge < -0.3 is 20.5 Å². The number of halogens is 1. The Labute approximate surface area is 143 Å². The van der Waals surface area contributed by atoms with Gasteiger partial charge in [-0.15, -0.1) is 0 Å². The molecule has 0 unspecified atom stereocenters. The van der Waals surface area contributed by atoms with E-state index in [4.69, 9.17) is 15.2 Å². The maximum absolute atomic E-state index is 10.9. The van der Waals surface area contributed by atoms with Crippen LogP contribution >= 0.6 is 15.9 Å². The number of amides is 1. The summed E-state index contributed by atoms with van der Waals surface area (Å²) in [4.78, 5) is 10.9. The third-order valence-corrected chi connectivity index (χ3v) is 3.74. The van der Waals surface area contributed by atoms with Crippen LogP contribution in [-0.4, -0.2) is 19.6 Å². The molecule has 0 spiro atoms. The average molecular weight is 379 g/mol. The van der Waals surface area contributed by atoms with Gasteiger partial charge in [0.15, 0.2) is 18.1 Å². The minimum absolute atomic E-state index is 0.194. The molecule has 23 heavy (non-hydrogen) atoms. The zero-order valence-electron chi connectivity index (χ0n) is 12.8. The summed E-state index contributed by atoms with van der Waals surface area (Å²) in [6, 6.07) is 14.0. The molecule has 1 amide bonds. The van der Waals surface area contributed by atoms with Gasteiger partial charge in [-0.2, -0.15) is 0 Å². The molecule has 0 saturated heterocycles. The number of carbonyl (C=O) groups excluding carboxylic acids is 1. The van der Waals surface area contributed by atoms with Crippen LogP contribution in [0.15, 0.2) is 46.9 Å². The third-order valence-electron chi connectivity index (χ3n) is 3.15. The minimum Gasteiger partial charge on any atom is -0.493 e. The predicted molar refractivity (Wildman–Crippen MR) is 92.4 cm³/mol. The van der Waals surface area contributed by atoms with Crippen LogP contribution in [0, 0.1) is 0 Å². The number of hydrogen-bond donors (Lipinski definition) is 2. The number of hydrogen-bond acceptors (Lipinski definition) is 4. The average Bonchev–Trinajstić information content (AvgIpc) is 2.54. The Balaban J connectivity index is 2.02. The first-order valence-corrected chi connectivity index (χ1v) is 7.91. The molecule has 0 aliphatic heterocycles. The van der Waals surface area contributed by atoms with Gasteiger partial charge in [-0.25, -0.2) is 0 Å². The topological polar surface area (TPSA) is 73.6 Å². The van der Waals surface area contributed by atoms with E-state index in [9.17, 15) is 4.79 Å². The lowest BCUT2D eigenvalue weighted by atomic mass is 10.2. The number of nitrogens with two attached hydrogens (primary N) is 1. The molecule has 3 N–H and O–H groups in total. The molecule has 0 aromatic heterocycles. The van der Waals surface area contributed by atoms with E-state index in [1.807, 2.05) is 30.3 Å². The SMILES string of the molecule is COc1cc(CNCc2ccccc2)cc(Br)c1OCC(N)=O. The van der Waals surface area contributed by atoms with Gasteiger partial charge in [0, 0.05) is 13.1 Å². The van der Waals surface area contributed by atoms with Crippen LogP contribution in [0.2, 0.25) is 0 Å². The normalized spacial score (nSPS) is 10.3. The Morgan fingerprint density at radius 1 is 1.17 bits per heavy atom. The van der Waals surface area contributed by atoms with Gasteiger partial charge in [-0.3, -0.25) is 4.79 Å². The molecule has 0 aliphatic rings. The highest BCUT2D eigenvalue weighted by Gasteiger charge is 2.12. The maximum atomic E-state index is 10.9. The van der Waals surface area contributed by atoms with Crippen LogP contribution in [0.3, 0.4) is 0 Å². The van der Waals surface area contributed by atoms with Crippen molar-refractivity contribution in [1.29, 1.82) is 0 Å². The molecule has 5 nitrogen and oxygen atoms in total. The van der Waals surface area contributed by atoms with Crippen LogP contribution in [0.1, 0.15) is 11.1 Å². The van der Waals surface area contributed by atoms with Crippen molar-refractivity contribution in [3.05, 3.63) is 58.1 Å². The Kier molecular flexibility index (Phi) is 6.43. The van der Waals surface area contributed by atoms with Crippen LogP contribution in [-0.2, 0) is 17.9 Å². The monoisotopic (exact) mass is 378 g/mol. The third kappa shape index (κ3) is 5.26. The number of rotatable bonds is 8. The summed E-state index contributed by atoms with van der Waals surface area (Å²) in [6.07, 6.45) is 0. The van der Waals surface area contributed by atoms with Crippen molar-refractivity contribution in [2.45, 2.75) is 13.1 Å². The van der Waals surface area contributed by atoms with Gasteiger partial charge in [-0.05, 0) is 39.2 Å². The Bertz CT molecular complexity index is 662. The molecule has 0 heterocycles. The first kappa shape index (κ1) is 17.3. The van der Waals surface area contributed by atoms with Crippen LogP contribution in [0.4, 0.5) is 0 Å². The summed E-state index contributed by atoms with van der Waals surface area (Å²) >= 11 is 3.44. The summed E-state index contributed by atoms with van der Waals surface area (Å²) in [5.74, 6) is 0.489. The van der Waals surface area contributed by atoms with E-state index in [0.29, 0.717) is 18.0 Å². The van der Waals surface area contributed by atoms with Gasteiger partial charge in [-0.1, -0.05) is 30.3 Å². The van der Waals surface area contributed by atoms with E-state index in [1.54, 1.807) is 7.11 Å². The predicted octanol–water partition coefficient (Wildman–Crippen LogP) is 2.61. The standard InChI is InChI=1S/C17H19BrN2O3/c1-22-15-8-13(7-14(18)17(15)23-11-16(19)21)10-20-9-12-5-3-2-4-6-12/h2-8,20H,9-11H2,1H3,(H2,19,21). The molecular formula is C17H19BrN2O3. The van der Waals surface area contributed by atoms with Gasteiger partial charge in [0.25, 0.3) is 5.91 Å². The van der Waals surface area contributed by atoms with E-state index in [1.165, 1.54) is 5.56 Å². The fourth-order valence-electron chi connectivity index (χ4n) is 2.11. The van der Waals surface area contributed by atoms with Crippen molar-refractivity contribution in [3.8, 4) is 11.5 Å². The van der Waals surface area contributed by atoms with Crippen molar-refractivity contribution in [2.24, 2.45) is 5.73 Å². The number of ether oxygens (including phenoxy) is 2. The van der Waals surface area contributed by atoms with E-state index in [0.717, 1.165) is 16.6 Å². The molecule has 2 aromatic carbocycles. The largest absolute Gasteiger partial charge is 0.493 e. The number of methoxy groups -OCH3 is 1. The summed E-state index contributed by atoms with van der Waals surface area (Å²) in [5.41, 5.74) is 7.36. The Hall–Kier alpha value is -2.05. The van der Waals surface area contributed by atoms with E-state index in [-0.39, 0.29) is 6.61 Å². The molecule has 2 rings (SSSR count). The molecule has 0 saturated carbocycles. The van der Waals surface area contributed by atoms with Gasteiger partial charge in [0.2, 0.25) is 0 Å². The summed E-state index contributed by atoms with van der Waals surface area (Å²) in [7, 11) is 1.56. The summed E-state index contributed by atoms with van der Waals surface area (Å²) < 4.78 is 11.4. The molecule has 0 atom stereocenters. The van der Waals surface area contributed by atoms with E-state index in [2.05, 4.69) is 33.4 Å². The van der Waals surface area contributed by atoms with Crippen LogP contribution in [0.25, 0.3) is 0 Å². The second kappa shape index (κ2) is 8.55. The quantitative estimate of drug-likeness (QED) is 0.740. The molecule has 0 bridgehead atoms. The fraction of sp³-hybridized carbons (Fsp3) is 0.235. The van der Waals surface area contributed by atoms with Gasteiger partial charge >= 0.3 is 0 Å². The van der Waals surface area contributed by atoms with Crippen LogP contribution in [0.5, 0.6) is 11.5 Å². The lowest BCUT2D eigenvalue weighted by molar-refractivity contribution is -0.119. The first-order chi connectivity index (χ1) is 11.1. The van der Waals surface area contributed by atoms with E-state index >= 15 is 0 Å². The number of primary amides is 1. The number of carbonyl (C=O) groups is 1. The molecule has 0 fully saturated rings. The molecule has 122 valence electrons. The zero-order valence-corrected chi connectivity index (χ0v) is 14.4. The molecular weight excluding hydrogens is 360 g/mol. The maximum Gasteiger partial charge on any atom is 0.255 e. The summed E-state index contributed by atoms with van der Waals surface area (Å²) in [5, 5.41) is 3.37. The zero-order chi connectivity index (χ0) is 16.7. The van der Waals surface area contributed by atoms with Crippen molar-refractivity contribution in [2.75, 3.05) is 13.7 Å². The van der Waals surface area contributed by atoms with Gasteiger partial charge in [0.05, 0.1) is 11.6 Å². The smallest absolute Gasteiger partial charge is 0.255 e. The van der Waals surface area contributed by atoms with Crippen molar-refractivity contribution >= 4 is 21.8 Å². The van der Waals surface area contributed by atoms with Crippen molar-refractivity contribution < 1.29 is 14.3 Å². The van der Waals surface area contributed by atoms with Crippen molar-refractivity contribution in [1.82, 2.24) is 5.32 Å². The number of nitrogens with one attached hydrogen (secondary N) is 1. The Morgan fingerprint density at radius 2 is 1.87 bits per heavy atom. The highest BCUT2D eigenvalue weighted by molar-refractivity contribution is 9.10. The summed E-state index contributed by atoms with van der Waals surface area (Å²) in [6.45, 7) is 1.27. The lowest BCUT2D eigenvalue weighted by Gasteiger charge is -2.14. The first-order valence-electron chi connectivity index (χ1n) is 7.12. The molecule has 0 radical (unpaired) electrons. The second-order valence-electron chi connectivity index (χ2n) is 4.95. The Morgan fingerprint density at radius 3 is 2.52 bits per heavy atom. The van der Waals surface area contributed by atoms with Crippen molar-refractivity contribution in [3.63, 3.8) is 0 Å². The number of benzene rings is 2. The highest BCUT2D eigenvalue weighted by atomic mass is 79.9. The van der Waals surface area contributed by atoms with E-state index < -0.39 is 5.91 Å². The highest BCUT2D eigenvalue weighted by Crippen LogP contribution is 2.36. The lowest BCUT2D eigenvalue weighted by Crippen LogP contribution is -2.20.